The van der Waals surface area contributed by atoms with Crippen LogP contribution in [0, 0.1) is 30.1 Å². The maximum Gasteiger partial charge on any atom is 0.139 e. The molecule has 3 aliphatic rings. The van der Waals surface area contributed by atoms with Crippen molar-refractivity contribution in [3.05, 3.63) is 64.3 Å². The number of carbonyl (C=O) groups excluding carboxylic acids is 2. The summed E-state index contributed by atoms with van der Waals surface area (Å²) in [5.74, 6) is 3.14. The van der Waals surface area contributed by atoms with Crippen molar-refractivity contribution in [2.24, 2.45) is 23.2 Å². The summed E-state index contributed by atoms with van der Waals surface area (Å²) in [6.45, 7) is 6.54. The third kappa shape index (κ3) is 5.17. The Bertz CT molecular complexity index is 1450. The number of phenolic OH excluding ortho intramolecular Hbond substituents is 1. The number of aromatic nitrogens is 1. The van der Waals surface area contributed by atoms with E-state index in [1.165, 1.54) is 33.2 Å². The molecule has 0 spiro atoms. The minimum Gasteiger partial charge on any atom is -0.508 e. The molecule has 0 radical (unpaired) electrons. The highest BCUT2D eigenvalue weighted by Crippen LogP contribution is 2.62. The summed E-state index contributed by atoms with van der Waals surface area (Å²) in [5, 5.41) is 11.9. The Hall–Kier alpha value is -2.88. The van der Waals surface area contributed by atoms with Gasteiger partial charge in [0.15, 0.2) is 0 Å². The lowest BCUT2D eigenvalue weighted by atomic mass is 9.54. The molecule has 6 rings (SSSR count). The standard InChI is InChI=1S/C37H47NO3/c1-4-8-25-19-32-24(20-33(25)40)15-16-31-30(32)17-18-37(3)34(41)21-26(35(31)37)10-6-12-28(39)13-7-11-27-22-38-36-23(2)9-5-14-29(27)36/h5,9,14,19-20,22,26,30-31,35,38,40H,4,6-8,10-13,15-18,21H2,1-3H3/t26-,30+,31-,35+,37-/m1/s1. The highest BCUT2D eigenvalue weighted by atomic mass is 16.3. The van der Waals surface area contributed by atoms with Gasteiger partial charge in [-0.1, -0.05) is 44.5 Å². The molecule has 1 aromatic heterocycles. The van der Waals surface area contributed by atoms with Crippen LogP contribution < -0.4 is 0 Å². The van der Waals surface area contributed by atoms with Crippen molar-refractivity contribution in [3.63, 3.8) is 0 Å². The van der Waals surface area contributed by atoms with Crippen LogP contribution >= 0.6 is 0 Å². The van der Waals surface area contributed by atoms with Crippen molar-refractivity contribution in [2.45, 2.75) is 110 Å². The SMILES string of the molecule is CCCc1cc2c(cc1O)CC[C@H]1[C@@H]3[C@H](CCCC(=O)CCCc4c[nH]c5c(C)cccc45)CC(=O)[C@@]3(C)CC[C@H]21. The zero-order valence-electron chi connectivity index (χ0n) is 25.2. The predicted molar refractivity (Wildman–Crippen MR) is 165 cm³/mol. The molecule has 2 saturated carbocycles. The van der Waals surface area contributed by atoms with Gasteiger partial charge in [-0.2, -0.15) is 0 Å². The fourth-order valence-electron chi connectivity index (χ4n) is 9.18. The first-order chi connectivity index (χ1) is 19.8. The monoisotopic (exact) mass is 553 g/mol. The van der Waals surface area contributed by atoms with Gasteiger partial charge in [0.25, 0.3) is 0 Å². The van der Waals surface area contributed by atoms with Crippen molar-refractivity contribution >= 4 is 22.5 Å². The Kier molecular flexibility index (Phi) is 7.87. The quantitative estimate of drug-likeness (QED) is 0.264. The van der Waals surface area contributed by atoms with Gasteiger partial charge in [0, 0.05) is 41.8 Å². The van der Waals surface area contributed by atoms with E-state index in [1.807, 2.05) is 6.07 Å². The Morgan fingerprint density at radius 1 is 1.10 bits per heavy atom. The van der Waals surface area contributed by atoms with Crippen molar-refractivity contribution < 1.29 is 14.7 Å². The number of aromatic amines is 1. The van der Waals surface area contributed by atoms with Crippen molar-refractivity contribution in [1.82, 2.24) is 4.98 Å². The Morgan fingerprint density at radius 2 is 1.93 bits per heavy atom. The predicted octanol–water partition coefficient (Wildman–Crippen LogP) is 8.55. The summed E-state index contributed by atoms with van der Waals surface area (Å²) in [4.78, 5) is 29.7. The molecule has 218 valence electrons. The van der Waals surface area contributed by atoms with Crippen LogP contribution in [0.5, 0.6) is 5.75 Å². The molecule has 0 saturated heterocycles. The molecule has 3 aliphatic carbocycles. The van der Waals surface area contributed by atoms with E-state index in [0.29, 0.717) is 60.3 Å². The van der Waals surface area contributed by atoms with E-state index in [9.17, 15) is 14.7 Å². The fraction of sp³-hybridized carbons (Fsp3) is 0.568. The van der Waals surface area contributed by atoms with Crippen LogP contribution in [-0.2, 0) is 28.9 Å². The summed E-state index contributed by atoms with van der Waals surface area (Å²) in [6, 6.07) is 10.7. The Morgan fingerprint density at radius 3 is 2.76 bits per heavy atom. The number of phenols is 1. The summed E-state index contributed by atoms with van der Waals surface area (Å²) in [7, 11) is 0. The molecular weight excluding hydrogens is 506 g/mol. The van der Waals surface area contributed by atoms with Crippen molar-refractivity contribution in [1.29, 1.82) is 0 Å². The highest BCUT2D eigenvalue weighted by Gasteiger charge is 2.58. The molecule has 2 fully saturated rings. The molecule has 5 atom stereocenters. The number of fused-ring (bicyclic) bond motifs is 6. The van der Waals surface area contributed by atoms with Gasteiger partial charge in [-0.3, -0.25) is 9.59 Å². The van der Waals surface area contributed by atoms with Crippen LogP contribution in [0.1, 0.15) is 112 Å². The van der Waals surface area contributed by atoms with Gasteiger partial charge in [0.05, 0.1) is 0 Å². The lowest BCUT2D eigenvalue weighted by Gasteiger charge is -2.50. The van der Waals surface area contributed by atoms with Crippen LogP contribution in [0.4, 0.5) is 0 Å². The van der Waals surface area contributed by atoms with E-state index < -0.39 is 0 Å². The molecule has 2 aromatic carbocycles. The fourth-order valence-corrected chi connectivity index (χ4v) is 9.18. The van der Waals surface area contributed by atoms with E-state index in [-0.39, 0.29) is 5.41 Å². The van der Waals surface area contributed by atoms with Gasteiger partial charge in [-0.05, 0) is 122 Å². The number of carbonyl (C=O) groups is 2. The number of para-hydroxylation sites is 1. The molecule has 0 unspecified atom stereocenters. The second-order valence-electron chi connectivity index (χ2n) is 13.7. The topological polar surface area (TPSA) is 70.2 Å². The number of rotatable bonds is 10. The average molecular weight is 554 g/mol. The molecule has 41 heavy (non-hydrogen) atoms. The maximum absolute atomic E-state index is 13.4. The first-order valence-electron chi connectivity index (χ1n) is 16.3. The van der Waals surface area contributed by atoms with Gasteiger partial charge in [-0.25, -0.2) is 0 Å². The third-order valence-electron chi connectivity index (χ3n) is 11.2. The van der Waals surface area contributed by atoms with E-state index >= 15 is 0 Å². The first-order valence-corrected chi connectivity index (χ1v) is 16.3. The van der Waals surface area contributed by atoms with Crippen LogP contribution in [0.25, 0.3) is 10.9 Å². The number of benzene rings is 2. The highest BCUT2D eigenvalue weighted by molar-refractivity contribution is 5.88. The number of aryl methyl sites for hydroxylation is 4. The second kappa shape index (κ2) is 11.4. The molecule has 4 heteroatoms. The zero-order chi connectivity index (χ0) is 28.7. The van der Waals surface area contributed by atoms with Gasteiger partial charge >= 0.3 is 0 Å². The minimum absolute atomic E-state index is 0.200. The van der Waals surface area contributed by atoms with Crippen LogP contribution in [-0.4, -0.2) is 21.7 Å². The molecule has 2 N–H and O–H groups in total. The lowest BCUT2D eigenvalue weighted by molar-refractivity contribution is -0.129. The number of ketones is 2. The number of hydrogen-bond acceptors (Lipinski definition) is 3. The largest absolute Gasteiger partial charge is 0.508 e. The molecule has 4 nitrogen and oxygen atoms in total. The second-order valence-corrected chi connectivity index (χ2v) is 13.7. The van der Waals surface area contributed by atoms with E-state index in [2.05, 4.69) is 56.2 Å². The number of hydrogen-bond donors (Lipinski definition) is 2. The normalized spacial score (nSPS) is 27.0. The average Bonchev–Trinajstić information content (AvgIpc) is 3.48. The number of Topliss-reactive ketones (excluding diaryl/α,β-unsaturated/α-hetero) is 2. The van der Waals surface area contributed by atoms with Crippen LogP contribution in [0.2, 0.25) is 0 Å². The number of nitrogens with one attached hydrogen (secondary N) is 1. The van der Waals surface area contributed by atoms with Crippen molar-refractivity contribution in [3.8, 4) is 5.75 Å². The minimum atomic E-state index is -0.200. The van der Waals surface area contributed by atoms with Crippen LogP contribution in [0.3, 0.4) is 0 Å². The maximum atomic E-state index is 13.4. The van der Waals surface area contributed by atoms with E-state index in [1.54, 1.807) is 0 Å². The Labute approximate surface area is 245 Å². The lowest BCUT2D eigenvalue weighted by Crippen LogP contribution is -2.44. The molecule has 1 heterocycles. The smallest absolute Gasteiger partial charge is 0.139 e. The number of aromatic hydroxyl groups is 1. The van der Waals surface area contributed by atoms with Gasteiger partial charge in [0.2, 0.25) is 0 Å². The summed E-state index contributed by atoms with van der Waals surface area (Å²) < 4.78 is 0. The van der Waals surface area contributed by atoms with Crippen molar-refractivity contribution in [2.75, 3.05) is 0 Å². The first kappa shape index (κ1) is 28.2. The van der Waals surface area contributed by atoms with E-state index in [0.717, 1.165) is 69.8 Å². The Balaban J connectivity index is 1.07. The van der Waals surface area contributed by atoms with Crippen LogP contribution in [0.15, 0.2) is 36.5 Å². The third-order valence-corrected chi connectivity index (χ3v) is 11.2. The van der Waals surface area contributed by atoms with Gasteiger partial charge in [-0.15, -0.1) is 0 Å². The number of H-pyrrole nitrogens is 1. The molecule has 0 amide bonds. The van der Waals surface area contributed by atoms with E-state index in [4.69, 9.17) is 0 Å². The van der Waals surface area contributed by atoms with Gasteiger partial charge in [0.1, 0.15) is 17.3 Å². The summed E-state index contributed by atoms with van der Waals surface area (Å²) >= 11 is 0. The van der Waals surface area contributed by atoms with Gasteiger partial charge < -0.3 is 10.1 Å². The summed E-state index contributed by atoms with van der Waals surface area (Å²) in [6.07, 6.45) is 13.9. The molecule has 0 aliphatic heterocycles. The molecule has 3 aromatic rings. The molecule has 0 bridgehead atoms. The summed E-state index contributed by atoms with van der Waals surface area (Å²) in [5.41, 5.74) is 7.42. The zero-order valence-corrected chi connectivity index (χ0v) is 25.2. The molecular formula is C37H47NO3.